The van der Waals surface area contributed by atoms with Gasteiger partial charge in [0.2, 0.25) is 5.76 Å². The minimum Gasteiger partial charge on any atom is -0.463 e. The van der Waals surface area contributed by atoms with Crippen molar-refractivity contribution in [2.75, 3.05) is 12.5 Å². The van der Waals surface area contributed by atoms with Crippen LogP contribution in [0.5, 0.6) is 0 Å². The van der Waals surface area contributed by atoms with Crippen LogP contribution in [0.15, 0.2) is 33.8 Å². The topological polar surface area (TPSA) is 63.8 Å². The van der Waals surface area contributed by atoms with Crippen LogP contribution in [0.3, 0.4) is 0 Å². The van der Waals surface area contributed by atoms with E-state index in [0.29, 0.717) is 5.69 Å². The number of hydrazone groups is 1. The number of halogens is 1. The van der Waals surface area contributed by atoms with Gasteiger partial charge in [-0.15, -0.1) is 0 Å². The Balaban J connectivity index is 1.91. The highest BCUT2D eigenvalue weighted by Gasteiger charge is 2.28. The standard InChI is InChI=1S/C17H17FN2O3/c1-10-15-13(20-19-12-8-6-11(18)7-9-12)4-3-5-14(15)23-16(10)17(21)22-2/h6-9,19H,3-5H2,1-2H3/b20-13+. The van der Waals surface area contributed by atoms with Gasteiger partial charge in [0.15, 0.2) is 0 Å². The first-order valence-corrected chi connectivity index (χ1v) is 7.39. The summed E-state index contributed by atoms with van der Waals surface area (Å²) >= 11 is 0. The van der Waals surface area contributed by atoms with E-state index in [9.17, 15) is 9.18 Å². The molecule has 1 aliphatic rings. The Bertz CT molecular complexity index is 763. The zero-order chi connectivity index (χ0) is 16.4. The fourth-order valence-electron chi connectivity index (χ4n) is 2.72. The van der Waals surface area contributed by atoms with Crippen LogP contribution in [0.1, 0.15) is 40.3 Å². The molecule has 0 spiro atoms. The van der Waals surface area contributed by atoms with Crippen LogP contribution in [0.25, 0.3) is 0 Å². The summed E-state index contributed by atoms with van der Waals surface area (Å²) < 4.78 is 23.3. The zero-order valence-corrected chi connectivity index (χ0v) is 13.0. The number of hydrogen-bond donors (Lipinski definition) is 1. The number of nitrogens with zero attached hydrogens (tertiary/aromatic N) is 1. The number of carbonyl (C=O) groups excluding carboxylic acids is 1. The molecule has 120 valence electrons. The summed E-state index contributed by atoms with van der Waals surface area (Å²) in [5, 5.41) is 4.42. The minimum absolute atomic E-state index is 0.230. The van der Waals surface area contributed by atoms with Gasteiger partial charge in [-0.1, -0.05) is 0 Å². The van der Waals surface area contributed by atoms with Gasteiger partial charge in [0.1, 0.15) is 11.6 Å². The van der Waals surface area contributed by atoms with Crippen LogP contribution in [-0.4, -0.2) is 18.8 Å². The molecule has 0 saturated heterocycles. The lowest BCUT2D eigenvalue weighted by Crippen LogP contribution is -2.13. The Hall–Kier alpha value is -2.63. The van der Waals surface area contributed by atoms with Crippen LogP contribution >= 0.6 is 0 Å². The number of methoxy groups -OCH3 is 1. The molecule has 23 heavy (non-hydrogen) atoms. The van der Waals surface area contributed by atoms with Gasteiger partial charge in [0.05, 0.1) is 18.5 Å². The van der Waals surface area contributed by atoms with Crippen LogP contribution in [0.2, 0.25) is 0 Å². The van der Waals surface area contributed by atoms with Crippen molar-refractivity contribution in [3.63, 3.8) is 0 Å². The van der Waals surface area contributed by atoms with Crippen molar-refractivity contribution in [1.82, 2.24) is 0 Å². The molecule has 1 aromatic heterocycles. The molecule has 0 amide bonds. The van der Waals surface area contributed by atoms with Crippen molar-refractivity contribution >= 4 is 17.4 Å². The van der Waals surface area contributed by atoms with Crippen molar-refractivity contribution in [3.8, 4) is 0 Å². The molecular weight excluding hydrogens is 299 g/mol. The fourth-order valence-corrected chi connectivity index (χ4v) is 2.72. The Morgan fingerprint density at radius 2 is 2.04 bits per heavy atom. The van der Waals surface area contributed by atoms with E-state index < -0.39 is 5.97 Å². The smallest absolute Gasteiger partial charge is 0.374 e. The summed E-state index contributed by atoms with van der Waals surface area (Å²) in [4.78, 5) is 11.8. The van der Waals surface area contributed by atoms with E-state index in [1.807, 2.05) is 6.92 Å². The second-order valence-corrected chi connectivity index (χ2v) is 5.38. The summed E-state index contributed by atoms with van der Waals surface area (Å²) in [5.74, 6) is 0.210. The summed E-state index contributed by atoms with van der Waals surface area (Å²) in [6.45, 7) is 1.83. The van der Waals surface area contributed by atoms with Crippen molar-refractivity contribution < 1.29 is 18.3 Å². The summed E-state index contributed by atoms with van der Waals surface area (Å²) in [6.07, 6.45) is 2.44. The number of furan rings is 1. The van der Waals surface area contributed by atoms with E-state index in [-0.39, 0.29) is 11.6 Å². The molecule has 1 N–H and O–H groups in total. The van der Waals surface area contributed by atoms with E-state index in [1.54, 1.807) is 12.1 Å². The summed E-state index contributed by atoms with van der Waals surface area (Å²) in [7, 11) is 1.33. The lowest BCUT2D eigenvalue weighted by atomic mass is 9.93. The molecule has 3 rings (SSSR count). The van der Waals surface area contributed by atoms with Gasteiger partial charge in [0.25, 0.3) is 0 Å². The number of hydrogen-bond acceptors (Lipinski definition) is 5. The molecule has 0 atom stereocenters. The maximum absolute atomic E-state index is 12.9. The molecule has 0 bridgehead atoms. The van der Waals surface area contributed by atoms with Gasteiger partial charge >= 0.3 is 5.97 Å². The third-order valence-electron chi connectivity index (χ3n) is 3.86. The molecule has 0 saturated carbocycles. The maximum atomic E-state index is 12.9. The number of anilines is 1. The second kappa shape index (κ2) is 6.24. The first-order chi connectivity index (χ1) is 11.1. The second-order valence-electron chi connectivity index (χ2n) is 5.38. The molecule has 1 aromatic carbocycles. The average Bonchev–Trinajstić information content (AvgIpc) is 2.91. The van der Waals surface area contributed by atoms with Crippen LogP contribution in [0, 0.1) is 12.7 Å². The first kappa shape index (κ1) is 15.3. The molecule has 0 aliphatic heterocycles. The highest BCUT2D eigenvalue weighted by Crippen LogP contribution is 2.30. The van der Waals surface area contributed by atoms with E-state index in [4.69, 9.17) is 9.15 Å². The number of nitrogens with one attached hydrogen (secondary N) is 1. The maximum Gasteiger partial charge on any atom is 0.374 e. The van der Waals surface area contributed by atoms with Gasteiger partial charge in [-0.3, -0.25) is 5.43 Å². The predicted octanol–water partition coefficient (Wildman–Crippen LogP) is 3.67. The first-order valence-electron chi connectivity index (χ1n) is 7.39. The summed E-state index contributed by atoms with van der Waals surface area (Å²) in [6, 6.07) is 5.97. The molecule has 0 fully saturated rings. The van der Waals surface area contributed by atoms with Crippen molar-refractivity contribution in [3.05, 3.63) is 52.7 Å². The van der Waals surface area contributed by atoms with E-state index >= 15 is 0 Å². The van der Waals surface area contributed by atoms with Gasteiger partial charge in [-0.05, 0) is 44.0 Å². The monoisotopic (exact) mass is 316 g/mol. The number of rotatable bonds is 3. The molecule has 0 radical (unpaired) electrons. The fraction of sp³-hybridized carbons (Fsp3) is 0.294. The summed E-state index contributed by atoms with van der Waals surface area (Å²) in [5.41, 5.74) is 6.06. The van der Waals surface area contributed by atoms with Crippen LogP contribution in [-0.2, 0) is 11.2 Å². The molecular formula is C17H17FN2O3. The Morgan fingerprint density at radius 1 is 1.30 bits per heavy atom. The molecule has 1 aliphatic carbocycles. The SMILES string of the molecule is COC(=O)c1oc2c(c1C)/C(=N/Nc1ccc(F)cc1)CCC2. The highest BCUT2D eigenvalue weighted by molar-refractivity contribution is 6.06. The van der Waals surface area contributed by atoms with E-state index in [2.05, 4.69) is 10.5 Å². The lowest BCUT2D eigenvalue weighted by Gasteiger charge is -2.13. The highest BCUT2D eigenvalue weighted by atomic mass is 19.1. The number of aryl methyl sites for hydroxylation is 1. The van der Waals surface area contributed by atoms with Crippen molar-refractivity contribution in [2.24, 2.45) is 5.10 Å². The third kappa shape index (κ3) is 2.97. The van der Waals surface area contributed by atoms with E-state index in [0.717, 1.165) is 41.9 Å². The van der Waals surface area contributed by atoms with Gasteiger partial charge in [-0.25, -0.2) is 9.18 Å². The average molecular weight is 316 g/mol. The zero-order valence-electron chi connectivity index (χ0n) is 13.0. The van der Waals surface area contributed by atoms with Crippen molar-refractivity contribution in [1.29, 1.82) is 0 Å². The van der Waals surface area contributed by atoms with Crippen molar-refractivity contribution in [2.45, 2.75) is 26.2 Å². The number of carbonyl (C=O) groups is 1. The number of benzene rings is 1. The molecule has 1 heterocycles. The number of esters is 1. The Kier molecular flexibility index (Phi) is 4.14. The predicted molar refractivity (Wildman–Crippen MR) is 84.3 cm³/mol. The van der Waals surface area contributed by atoms with Crippen LogP contribution < -0.4 is 5.43 Å². The largest absolute Gasteiger partial charge is 0.463 e. The van der Waals surface area contributed by atoms with Gasteiger partial charge in [-0.2, -0.15) is 5.10 Å². The molecule has 6 heteroatoms. The number of ether oxygens (including phenoxy) is 1. The Morgan fingerprint density at radius 3 is 2.74 bits per heavy atom. The minimum atomic E-state index is -0.484. The molecule has 0 unspecified atom stereocenters. The number of fused-ring (bicyclic) bond motifs is 1. The molecule has 2 aromatic rings. The van der Waals surface area contributed by atoms with Gasteiger partial charge in [0, 0.05) is 17.5 Å². The van der Waals surface area contributed by atoms with Crippen LogP contribution in [0.4, 0.5) is 10.1 Å². The quantitative estimate of drug-likeness (QED) is 0.693. The van der Waals surface area contributed by atoms with Gasteiger partial charge < -0.3 is 9.15 Å². The third-order valence-corrected chi connectivity index (χ3v) is 3.86. The lowest BCUT2D eigenvalue weighted by molar-refractivity contribution is 0.0562. The normalized spacial score (nSPS) is 15.3. The molecule has 5 nitrogen and oxygen atoms in total. The Labute approximate surface area is 133 Å². The van der Waals surface area contributed by atoms with E-state index in [1.165, 1.54) is 19.2 Å².